The Morgan fingerprint density at radius 1 is 1.24 bits per heavy atom. The van der Waals surface area contributed by atoms with Gasteiger partial charge in [0.2, 0.25) is 0 Å². The Labute approximate surface area is 133 Å². The lowest BCUT2D eigenvalue weighted by Gasteiger charge is -2.37. The summed E-state index contributed by atoms with van der Waals surface area (Å²) in [5.74, 6) is 1.63. The molecular weight excluding hydrogens is 326 g/mol. The van der Waals surface area contributed by atoms with Crippen molar-refractivity contribution in [1.29, 1.82) is 0 Å². The summed E-state index contributed by atoms with van der Waals surface area (Å²) in [6, 6.07) is 13.5. The number of fused-ring (bicyclic) bond motifs is 2. The minimum Gasteiger partial charge on any atom is -0.493 e. The normalized spacial score (nSPS) is 20.2. The Balaban J connectivity index is 1.76. The Bertz CT molecular complexity index is 698. The van der Waals surface area contributed by atoms with Crippen molar-refractivity contribution >= 4 is 15.9 Å². The Kier molecular flexibility index (Phi) is 3.27. The van der Waals surface area contributed by atoms with E-state index in [4.69, 9.17) is 4.74 Å². The molecule has 3 heteroatoms. The van der Waals surface area contributed by atoms with Gasteiger partial charge in [-0.2, -0.15) is 0 Å². The van der Waals surface area contributed by atoms with Gasteiger partial charge in [-0.25, -0.2) is 0 Å². The molecule has 108 valence electrons. The Morgan fingerprint density at radius 3 is 2.90 bits per heavy atom. The first-order valence-electron chi connectivity index (χ1n) is 7.48. The second-order valence-electron chi connectivity index (χ2n) is 5.86. The maximum atomic E-state index is 5.91. The highest BCUT2D eigenvalue weighted by Crippen LogP contribution is 2.47. The second kappa shape index (κ2) is 5.15. The largest absolute Gasteiger partial charge is 0.493 e. The summed E-state index contributed by atoms with van der Waals surface area (Å²) in [5.41, 5.74) is 5.57. The molecule has 0 saturated carbocycles. The van der Waals surface area contributed by atoms with Crippen LogP contribution in [0.2, 0.25) is 0 Å². The molecule has 2 aromatic carbocycles. The molecule has 2 nitrogen and oxygen atoms in total. The summed E-state index contributed by atoms with van der Waals surface area (Å²) in [5, 5.41) is 3.52. The van der Waals surface area contributed by atoms with Gasteiger partial charge in [0.1, 0.15) is 5.75 Å². The number of hydrogen-bond donors (Lipinski definition) is 1. The van der Waals surface area contributed by atoms with Crippen LogP contribution in [0.5, 0.6) is 5.75 Å². The van der Waals surface area contributed by atoms with Gasteiger partial charge >= 0.3 is 0 Å². The molecule has 1 aliphatic carbocycles. The minimum absolute atomic E-state index is 0.309. The summed E-state index contributed by atoms with van der Waals surface area (Å²) in [6.07, 6.45) is 2.16. The van der Waals surface area contributed by atoms with Crippen molar-refractivity contribution in [3.05, 3.63) is 63.1 Å². The molecular formula is C18H18BrNO. The van der Waals surface area contributed by atoms with E-state index in [0.717, 1.165) is 29.7 Å². The molecule has 2 unspecified atom stereocenters. The smallest absolute Gasteiger partial charge is 0.127 e. The van der Waals surface area contributed by atoms with E-state index >= 15 is 0 Å². The van der Waals surface area contributed by atoms with Crippen LogP contribution in [0.1, 0.15) is 34.2 Å². The quantitative estimate of drug-likeness (QED) is 0.909. The predicted molar refractivity (Wildman–Crippen MR) is 88.0 cm³/mol. The van der Waals surface area contributed by atoms with Crippen LogP contribution in [0, 0.1) is 0 Å². The van der Waals surface area contributed by atoms with Crippen molar-refractivity contribution in [2.75, 3.05) is 13.7 Å². The topological polar surface area (TPSA) is 21.3 Å². The first-order valence-corrected chi connectivity index (χ1v) is 8.27. The summed E-state index contributed by atoms with van der Waals surface area (Å²) in [6.45, 7) is 0.802. The number of ether oxygens (including phenoxy) is 1. The zero-order valence-corrected chi connectivity index (χ0v) is 13.6. The Hall–Kier alpha value is -1.32. The average Bonchev–Trinajstić information content (AvgIpc) is 2.92. The lowest BCUT2D eigenvalue weighted by molar-refractivity contribution is 0.342. The van der Waals surface area contributed by atoms with E-state index in [-0.39, 0.29) is 0 Å². The zero-order chi connectivity index (χ0) is 14.4. The highest BCUT2D eigenvalue weighted by molar-refractivity contribution is 9.10. The molecule has 1 aliphatic heterocycles. The van der Waals surface area contributed by atoms with Gasteiger partial charge in [0.25, 0.3) is 0 Å². The van der Waals surface area contributed by atoms with E-state index in [1.165, 1.54) is 22.3 Å². The molecule has 2 aromatic rings. The van der Waals surface area contributed by atoms with E-state index in [2.05, 4.69) is 57.6 Å². The average molecular weight is 344 g/mol. The van der Waals surface area contributed by atoms with E-state index in [1.807, 2.05) is 7.05 Å². The fourth-order valence-corrected chi connectivity index (χ4v) is 4.22. The van der Waals surface area contributed by atoms with Crippen molar-refractivity contribution in [1.82, 2.24) is 5.32 Å². The van der Waals surface area contributed by atoms with Gasteiger partial charge in [-0.15, -0.1) is 0 Å². The van der Waals surface area contributed by atoms with Gasteiger partial charge in [-0.05, 0) is 42.3 Å². The van der Waals surface area contributed by atoms with Crippen molar-refractivity contribution in [2.24, 2.45) is 0 Å². The maximum absolute atomic E-state index is 5.91. The highest BCUT2D eigenvalue weighted by atomic mass is 79.9. The van der Waals surface area contributed by atoms with Crippen LogP contribution in [-0.4, -0.2) is 13.7 Å². The lowest BCUT2D eigenvalue weighted by Crippen LogP contribution is -2.31. The number of benzene rings is 2. The van der Waals surface area contributed by atoms with Gasteiger partial charge in [0.05, 0.1) is 6.61 Å². The molecule has 0 fully saturated rings. The molecule has 2 atom stereocenters. The first-order chi connectivity index (χ1) is 10.3. The minimum atomic E-state index is 0.309. The monoisotopic (exact) mass is 343 g/mol. The summed E-state index contributed by atoms with van der Waals surface area (Å²) in [4.78, 5) is 0. The molecule has 0 aromatic heterocycles. The third-order valence-corrected chi connectivity index (χ3v) is 5.18. The Morgan fingerprint density at radius 2 is 2.10 bits per heavy atom. The van der Waals surface area contributed by atoms with Crippen LogP contribution in [0.25, 0.3) is 0 Å². The molecule has 0 bridgehead atoms. The fraction of sp³-hybridized carbons (Fsp3) is 0.333. The number of rotatable bonds is 3. The highest BCUT2D eigenvalue weighted by Gasteiger charge is 2.35. The van der Waals surface area contributed by atoms with Crippen LogP contribution >= 0.6 is 15.9 Å². The fourth-order valence-electron chi connectivity index (χ4n) is 3.70. The molecule has 0 amide bonds. The summed E-state index contributed by atoms with van der Waals surface area (Å²) in [7, 11) is 2.05. The molecule has 0 saturated heterocycles. The maximum Gasteiger partial charge on any atom is 0.127 e. The first kappa shape index (κ1) is 13.4. The van der Waals surface area contributed by atoms with Crippen LogP contribution in [0.3, 0.4) is 0 Å². The number of likely N-dealkylation sites (N-methyl/N-ethyl adjacent to an activating group) is 1. The van der Waals surface area contributed by atoms with Crippen LogP contribution < -0.4 is 10.1 Å². The van der Waals surface area contributed by atoms with Gasteiger partial charge < -0.3 is 10.1 Å². The van der Waals surface area contributed by atoms with Gasteiger partial charge in [0.15, 0.2) is 0 Å². The number of hydrogen-bond acceptors (Lipinski definition) is 2. The van der Waals surface area contributed by atoms with Crippen LogP contribution in [-0.2, 0) is 12.8 Å². The standard InChI is InChI=1S/C18H18BrNO/c1-20-17(15-9-11-4-2-3-5-14(11)15)16-10-13(19)8-12-6-7-21-18(12)16/h2-5,8,10,15,17,20H,6-7,9H2,1H3. The van der Waals surface area contributed by atoms with Crippen molar-refractivity contribution in [3.63, 3.8) is 0 Å². The van der Waals surface area contributed by atoms with E-state index in [9.17, 15) is 0 Å². The molecule has 1 heterocycles. The third-order valence-electron chi connectivity index (χ3n) is 4.72. The summed E-state index contributed by atoms with van der Waals surface area (Å²) >= 11 is 3.65. The zero-order valence-electron chi connectivity index (χ0n) is 12.0. The molecule has 0 radical (unpaired) electrons. The number of halogens is 1. The van der Waals surface area contributed by atoms with Gasteiger partial charge in [-0.3, -0.25) is 0 Å². The molecule has 4 rings (SSSR count). The van der Waals surface area contributed by atoms with E-state index < -0.39 is 0 Å². The molecule has 1 N–H and O–H groups in total. The molecule has 0 spiro atoms. The second-order valence-corrected chi connectivity index (χ2v) is 6.77. The van der Waals surface area contributed by atoms with E-state index in [1.54, 1.807) is 0 Å². The van der Waals surface area contributed by atoms with Gasteiger partial charge in [-0.1, -0.05) is 40.2 Å². The SMILES string of the molecule is CNC(c1cc(Br)cc2c1OCC2)C1Cc2ccccc21. The van der Waals surface area contributed by atoms with Crippen molar-refractivity contribution < 1.29 is 4.74 Å². The van der Waals surface area contributed by atoms with Crippen LogP contribution in [0.4, 0.5) is 0 Å². The summed E-state index contributed by atoms with van der Waals surface area (Å²) < 4.78 is 7.06. The number of nitrogens with one attached hydrogen (secondary N) is 1. The third kappa shape index (κ3) is 2.11. The van der Waals surface area contributed by atoms with Crippen molar-refractivity contribution in [3.8, 4) is 5.75 Å². The predicted octanol–water partition coefficient (Wildman–Crippen LogP) is 3.98. The van der Waals surface area contributed by atoms with Crippen molar-refractivity contribution in [2.45, 2.75) is 24.8 Å². The molecule has 21 heavy (non-hydrogen) atoms. The lowest BCUT2D eigenvalue weighted by atomic mass is 9.71. The van der Waals surface area contributed by atoms with E-state index in [0.29, 0.717) is 12.0 Å². The van der Waals surface area contributed by atoms with Gasteiger partial charge in [0, 0.05) is 28.4 Å². The molecule has 2 aliphatic rings. The van der Waals surface area contributed by atoms with Crippen LogP contribution in [0.15, 0.2) is 40.9 Å².